The smallest absolute Gasteiger partial charge is 0.307 e. The highest BCUT2D eigenvalue weighted by atomic mass is 16.5. The molecule has 1 heterocycles. The van der Waals surface area contributed by atoms with Gasteiger partial charge in [-0.15, -0.1) is 0 Å². The number of esters is 1. The van der Waals surface area contributed by atoms with Crippen LogP contribution in [0, 0.1) is 0 Å². The molecule has 0 aliphatic carbocycles. The first-order chi connectivity index (χ1) is 11.7. The monoisotopic (exact) mass is 332 g/mol. The molecule has 0 bridgehead atoms. The molecule has 1 aliphatic heterocycles. The number of hydrogen-bond acceptors (Lipinski definition) is 4. The van der Waals surface area contributed by atoms with Crippen molar-refractivity contribution in [3.05, 3.63) is 35.9 Å². The van der Waals surface area contributed by atoms with Crippen LogP contribution < -0.4 is 10.6 Å². The SMILES string of the molecule is CN=C(NCCC(=O)OC)NC1CCN(Cc2ccccc2)CC1. The Kier molecular flexibility index (Phi) is 7.55. The van der Waals surface area contributed by atoms with E-state index in [1.807, 2.05) is 0 Å². The van der Waals surface area contributed by atoms with Crippen molar-refractivity contribution in [1.29, 1.82) is 0 Å². The number of rotatable bonds is 6. The Balaban J connectivity index is 1.68. The maximum Gasteiger partial charge on any atom is 0.307 e. The van der Waals surface area contributed by atoms with Crippen LogP contribution in [0.5, 0.6) is 0 Å². The minimum atomic E-state index is -0.216. The van der Waals surface area contributed by atoms with Gasteiger partial charge in [0.1, 0.15) is 0 Å². The number of nitrogens with one attached hydrogen (secondary N) is 2. The summed E-state index contributed by atoms with van der Waals surface area (Å²) in [6.45, 7) is 3.69. The Hall–Kier alpha value is -2.08. The number of likely N-dealkylation sites (tertiary alicyclic amines) is 1. The molecule has 1 saturated heterocycles. The van der Waals surface area contributed by atoms with E-state index in [4.69, 9.17) is 0 Å². The van der Waals surface area contributed by atoms with Gasteiger partial charge in [-0.1, -0.05) is 30.3 Å². The Bertz CT molecular complexity index is 525. The summed E-state index contributed by atoms with van der Waals surface area (Å²) in [5, 5.41) is 6.60. The first-order valence-electron chi connectivity index (χ1n) is 8.51. The number of carbonyl (C=O) groups is 1. The molecule has 2 rings (SSSR count). The van der Waals surface area contributed by atoms with Crippen molar-refractivity contribution >= 4 is 11.9 Å². The van der Waals surface area contributed by atoms with Crippen molar-refractivity contribution in [3.63, 3.8) is 0 Å². The fourth-order valence-electron chi connectivity index (χ4n) is 2.85. The number of nitrogens with zero attached hydrogens (tertiary/aromatic N) is 2. The van der Waals surface area contributed by atoms with Crippen LogP contribution >= 0.6 is 0 Å². The van der Waals surface area contributed by atoms with E-state index in [1.54, 1.807) is 7.05 Å². The first kappa shape index (κ1) is 18.3. The van der Waals surface area contributed by atoms with Crippen LogP contribution in [0.3, 0.4) is 0 Å². The topological polar surface area (TPSA) is 66.0 Å². The molecule has 0 aromatic heterocycles. The second kappa shape index (κ2) is 9.93. The number of methoxy groups -OCH3 is 1. The van der Waals surface area contributed by atoms with Gasteiger partial charge in [-0.05, 0) is 18.4 Å². The molecule has 0 spiro atoms. The van der Waals surface area contributed by atoms with Gasteiger partial charge in [0.2, 0.25) is 0 Å². The van der Waals surface area contributed by atoms with E-state index in [0.717, 1.165) is 38.4 Å². The van der Waals surface area contributed by atoms with Crippen LogP contribution in [-0.2, 0) is 16.1 Å². The highest BCUT2D eigenvalue weighted by Crippen LogP contribution is 2.13. The molecule has 132 valence electrons. The maximum atomic E-state index is 11.1. The summed E-state index contributed by atoms with van der Waals surface area (Å²) in [5.74, 6) is 0.535. The van der Waals surface area contributed by atoms with Crippen molar-refractivity contribution in [2.45, 2.75) is 31.8 Å². The van der Waals surface area contributed by atoms with Crippen LogP contribution in [0.25, 0.3) is 0 Å². The summed E-state index contributed by atoms with van der Waals surface area (Å²) >= 11 is 0. The number of guanidine groups is 1. The minimum Gasteiger partial charge on any atom is -0.469 e. The lowest BCUT2D eigenvalue weighted by Gasteiger charge is -2.33. The third-order valence-corrected chi connectivity index (χ3v) is 4.25. The first-order valence-corrected chi connectivity index (χ1v) is 8.51. The van der Waals surface area contributed by atoms with Gasteiger partial charge in [-0.2, -0.15) is 0 Å². The normalized spacial score (nSPS) is 16.7. The molecule has 0 saturated carbocycles. The quantitative estimate of drug-likeness (QED) is 0.468. The summed E-state index contributed by atoms with van der Waals surface area (Å²) in [4.78, 5) is 17.8. The molecule has 1 aromatic rings. The van der Waals surface area contributed by atoms with E-state index >= 15 is 0 Å². The summed E-state index contributed by atoms with van der Waals surface area (Å²) in [5.41, 5.74) is 1.36. The summed E-state index contributed by atoms with van der Waals surface area (Å²) < 4.78 is 4.63. The van der Waals surface area contributed by atoms with Gasteiger partial charge in [0.15, 0.2) is 5.96 Å². The van der Waals surface area contributed by atoms with Gasteiger partial charge < -0.3 is 15.4 Å². The molecule has 1 fully saturated rings. The van der Waals surface area contributed by atoms with Crippen molar-refractivity contribution in [3.8, 4) is 0 Å². The van der Waals surface area contributed by atoms with E-state index in [0.29, 0.717) is 19.0 Å². The molecular weight excluding hydrogens is 304 g/mol. The lowest BCUT2D eigenvalue weighted by Crippen LogP contribution is -2.48. The highest BCUT2D eigenvalue weighted by Gasteiger charge is 2.20. The number of aliphatic imine (C=N–C) groups is 1. The molecule has 6 heteroatoms. The lowest BCUT2D eigenvalue weighted by molar-refractivity contribution is -0.140. The van der Waals surface area contributed by atoms with Gasteiger partial charge >= 0.3 is 5.97 Å². The average Bonchev–Trinajstić information content (AvgIpc) is 2.63. The van der Waals surface area contributed by atoms with Crippen molar-refractivity contribution in [1.82, 2.24) is 15.5 Å². The zero-order valence-corrected chi connectivity index (χ0v) is 14.6. The zero-order chi connectivity index (χ0) is 17.2. The zero-order valence-electron chi connectivity index (χ0n) is 14.6. The van der Waals surface area contributed by atoms with E-state index < -0.39 is 0 Å². The Morgan fingerprint density at radius 3 is 2.62 bits per heavy atom. The van der Waals surface area contributed by atoms with E-state index in [9.17, 15) is 4.79 Å². The second-order valence-electron chi connectivity index (χ2n) is 6.01. The molecule has 24 heavy (non-hydrogen) atoms. The Morgan fingerprint density at radius 2 is 2.00 bits per heavy atom. The largest absolute Gasteiger partial charge is 0.469 e. The average molecular weight is 332 g/mol. The second-order valence-corrected chi connectivity index (χ2v) is 6.01. The molecule has 1 aliphatic rings. The number of benzene rings is 1. The number of hydrogen-bond donors (Lipinski definition) is 2. The Morgan fingerprint density at radius 1 is 1.29 bits per heavy atom. The number of piperidine rings is 1. The van der Waals surface area contributed by atoms with Crippen molar-refractivity contribution in [2.24, 2.45) is 4.99 Å². The van der Waals surface area contributed by atoms with Gasteiger partial charge in [0.05, 0.1) is 13.5 Å². The molecule has 1 aromatic carbocycles. The fraction of sp³-hybridized carbons (Fsp3) is 0.556. The summed E-state index contributed by atoms with van der Waals surface area (Å²) in [6.07, 6.45) is 2.52. The molecule has 2 N–H and O–H groups in total. The van der Waals surface area contributed by atoms with Crippen LogP contribution in [0.4, 0.5) is 0 Å². The van der Waals surface area contributed by atoms with Gasteiger partial charge in [-0.25, -0.2) is 0 Å². The van der Waals surface area contributed by atoms with Crippen molar-refractivity contribution < 1.29 is 9.53 Å². The fourth-order valence-corrected chi connectivity index (χ4v) is 2.85. The third-order valence-electron chi connectivity index (χ3n) is 4.25. The Labute approximate surface area is 144 Å². The standard InChI is InChI=1S/C18H28N4O2/c1-19-18(20-11-8-17(23)24-2)21-16-9-12-22(13-10-16)14-15-6-4-3-5-7-15/h3-7,16H,8-14H2,1-2H3,(H2,19,20,21). The van der Waals surface area contributed by atoms with E-state index in [-0.39, 0.29) is 5.97 Å². The minimum absolute atomic E-state index is 0.216. The number of carbonyl (C=O) groups excluding carboxylic acids is 1. The van der Waals surface area contributed by atoms with Crippen LogP contribution in [-0.4, -0.2) is 56.7 Å². The molecule has 0 radical (unpaired) electrons. The van der Waals surface area contributed by atoms with Gasteiger partial charge in [0.25, 0.3) is 0 Å². The molecule has 0 unspecified atom stereocenters. The summed E-state index contributed by atoms with van der Waals surface area (Å²) in [7, 11) is 3.15. The third kappa shape index (κ3) is 6.20. The molecular formula is C18H28N4O2. The molecule has 6 nitrogen and oxygen atoms in total. The predicted molar refractivity (Wildman–Crippen MR) is 95.9 cm³/mol. The predicted octanol–water partition coefficient (Wildman–Crippen LogP) is 1.38. The van der Waals surface area contributed by atoms with Gasteiger partial charge in [-0.3, -0.25) is 14.7 Å². The lowest BCUT2D eigenvalue weighted by atomic mass is 10.0. The van der Waals surface area contributed by atoms with Crippen molar-refractivity contribution in [2.75, 3.05) is 33.8 Å². The van der Waals surface area contributed by atoms with E-state index in [2.05, 4.69) is 55.6 Å². The summed E-state index contributed by atoms with van der Waals surface area (Å²) in [6, 6.07) is 11.0. The van der Waals surface area contributed by atoms with Crippen LogP contribution in [0.1, 0.15) is 24.8 Å². The number of ether oxygens (including phenoxy) is 1. The van der Waals surface area contributed by atoms with E-state index in [1.165, 1.54) is 12.7 Å². The molecule has 0 amide bonds. The van der Waals surface area contributed by atoms with Crippen LogP contribution in [0.2, 0.25) is 0 Å². The highest BCUT2D eigenvalue weighted by molar-refractivity contribution is 5.80. The molecule has 0 atom stereocenters. The maximum absolute atomic E-state index is 11.1. The van der Waals surface area contributed by atoms with Gasteiger partial charge in [0, 0.05) is 39.3 Å². The van der Waals surface area contributed by atoms with Crippen LogP contribution in [0.15, 0.2) is 35.3 Å².